The summed E-state index contributed by atoms with van der Waals surface area (Å²) >= 11 is 0. The summed E-state index contributed by atoms with van der Waals surface area (Å²) in [7, 11) is 0. The summed E-state index contributed by atoms with van der Waals surface area (Å²) in [5, 5.41) is 41.5. The van der Waals surface area contributed by atoms with Crippen LogP contribution < -0.4 is 20.8 Å². The Bertz CT molecular complexity index is 1480. The number of nitrogens with one attached hydrogen (secondary N) is 1. The molecule has 15 heteroatoms. The van der Waals surface area contributed by atoms with E-state index in [2.05, 4.69) is 0 Å². The van der Waals surface area contributed by atoms with Crippen molar-refractivity contribution in [3.63, 3.8) is 0 Å². The maximum Gasteiger partial charge on any atom is 0.342 e. The Labute approximate surface area is 199 Å². The number of anilines is 1. The number of aromatic amines is 1. The molecule has 0 bridgehead atoms. The van der Waals surface area contributed by atoms with Gasteiger partial charge in [0.25, 0.3) is 11.2 Å². The number of carboxylic acid groups (broad SMARTS) is 2. The highest BCUT2D eigenvalue weighted by Crippen LogP contribution is 2.41. The van der Waals surface area contributed by atoms with Crippen molar-refractivity contribution in [1.82, 2.24) is 4.98 Å². The van der Waals surface area contributed by atoms with Gasteiger partial charge in [-0.05, 0) is 30.7 Å². The lowest BCUT2D eigenvalue weighted by Crippen LogP contribution is -2.24. The number of aromatic carboxylic acids is 2. The second-order valence-corrected chi connectivity index (χ2v) is 6.97. The Hall–Kier alpha value is -5.47. The molecule has 15 nitrogen and oxygen atoms in total. The van der Waals surface area contributed by atoms with Crippen molar-refractivity contribution >= 4 is 29.1 Å². The van der Waals surface area contributed by atoms with Crippen molar-refractivity contribution in [2.24, 2.45) is 0 Å². The summed E-state index contributed by atoms with van der Waals surface area (Å²) in [6, 6.07) is 6.28. The highest BCUT2D eigenvalue weighted by atomic mass is 16.6. The second-order valence-electron chi connectivity index (χ2n) is 6.97. The quantitative estimate of drug-likeness (QED) is 0.245. The Morgan fingerprint density at radius 3 is 2.17 bits per heavy atom. The Kier molecular flexibility index (Phi) is 6.85. The highest BCUT2D eigenvalue weighted by Gasteiger charge is 2.28. The van der Waals surface area contributed by atoms with Gasteiger partial charge < -0.3 is 30.4 Å². The largest absolute Gasteiger partial charge is 0.490 e. The number of nitro benzene ring substituents is 2. The van der Waals surface area contributed by atoms with Gasteiger partial charge in [0.05, 0.1) is 22.5 Å². The zero-order chi connectivity index (χ0) is 26.7. The maximum absolute atomic E-state index is 12.3. The fourth-order valence-corrected chi connectivity index (χ4v) is 3.32. The van der Waals surface area contributed by atoms with Crippen LogP contribution in [0.15, 0.2) is 41.2 Å². The molecule has 0 aliphatic heterocycles. The maximum atomic E-state index is 12.3. The molecule has 0 amide bonds. The van der Waals surface area contributed by atoms with Crippen LogP contribution in [0.2, 0.25) is 0 Å². The molecule has 0 fully saturated rings. The number of nitrogens with two attached hydrogens (primary N) is 1. The minimum atomic E-state index is -1.71. The Morgan fingerprint density at radius 1 is 0.972 bits per heavy atom. The molecular formula is C21H16N4O11. The topological polar surface area (TPSA) is 238 Å². The third kappa shape index (κ3) is 4.74. The van der Waals surface area contributed by atoms with Gasteiger partial charge in [-0.15, -0.1) is 0 Å². The Morgan fingerprint density at radius 2 is 1.61 bits per heavy atom. The lowest BCUT2D eigenvalue weighted by atomic mass is 9.95. The summed E-state index contributed by atoms with van der Waals surface area (Å²) in [5.41, 5.74) is 1.11. The molecule has 1 heterocycles. The Balaban J connectivity index is 2.22. The van der Waals surface area contributed by atoms with Crippen LogP contribution in [0.4, 0.5) is 17.2 Å². The average Bonchev–Trinajstić information content (AvgIpc) is 2.79. The van der Waals surface area contributed by atoms with Crippen molar-refractivity contribution in [3.8, 4) is 28.4 Å². The summed E-state index contributed by atoms with van der Waals surface area (Å²) in [4.78, 5) is 58.6. The number of aromatic nitrogens is 1. The zero-order valence-corrected chi connectivity index (χ0v) is 18.2. The number of carboxylic acids is 2. The number of carbonyl (C=O) groups is 2. The third-order valence-electron chi connectivity index (χ3n) is 4.77. The standard InChI is InChI=1S/C21H16N4O11/c1-2-35-14-7-9(15-16(20(27)28)18(22)23-19(26)17(15)21(29)30)3-5-13(14)36-12-6-4-10(24(31)32)8-11(12)25(33)34/h3-8H,2H2,1H3,(H,27,28)(H,29,30)(H3,22,23,26). The van der Waals surface area contributed by atoms with E-state index in [9.17, 15) is 44.8 Å². The van der Waals surface area contributed by atoms with E-state index in [0.717, 1.165) is 12.1 Å². The summed E-state index contributed by atoms with van der Waals surface area (Å²) in [5.74, 6) is -4.49. The van der Waals surface area contributed by atoms with Crippen LogP contribution in [0.1, 0.15) is 27.6 Å². The number of hydrogen-bond acceptors (Lipinski definition) is 10. The number of hydrogen-bond donors (Lipinski definition) is 4. The molecule has 0 saturated carbocycles. The first-order valence-electron chi connectivity index (χ1n) is 9.86. The van der Waals surface area contributed by atoms with Gasteiger partial charge in [0.1, 0.15) is 16.9 Å². The van der Waals surface area contributed by atoms with Gasteiger partial charge in [-0.2, -0.15) is 0 Å². The molecule has 0 aliphatic rings. The summed E-state index contributed by atoms with van der Waals surface area (Å²) in [6.07, 6.45) is 0. The molecule has 3 aromatic rings. The van der Waals surface area contributed by atoms with Crippen LogP contribution in [0.3, 0.4) is 0 Å². The van der Waals surface area contributed by atoms with Gasteiger partial charge in [0.2, 0.25) is 5.75 Å². The molecule has 36 heavy (non-hydrogen) atoms. The van der Waals surface area contributed by atoms with Gasteiger partial charge in [-0.1, -0.05) is 6.07 Å². The van der Waals surface area contributed by atoms with E-state index in [0.29, 0.717) is 6.07 Å². The molecule has 0 saturated heterocycles. The minimum Gasteiger partial charge on any atom is -0.490 e. The number of ether oxygens (including phenoxy) is 2. The summed E-state index contributed by atoms with van der Waals surface area (Å²) in [6.45, 7) is 1.62. The van der Waals surface area contributed by atoms with Crippen molar-refractivity contribution in [1.29, 1.82) is 0 Å². The van der Waals surface area contributed by atoms with Crippen LogP contribution in [0, 0.1) is 20.2 Å². The minimum absolute atomic E-state index is 0.0389. The van der Waals surface area contributed by atoms with E-state index in [1.807, 2.05) is 4.98 Å². The van der Waals surface area contributed by atoms with E-state index in [4.69, 9.17) is 15.2 Å². The first kappa shape index (κ1) is 25.2. The van der Waals surface area contributed by atoms with Crippen molar-refractivity contribution < 1.29 is 39.1 Å². The molecule has 0 spiro atoms. The van der Waals surface area contributed by atoms with Crippen LogP contribution in [-0.2, 0) is 0 Å². The number of nitro groups is 2. The summed E-state index contributed by atoms with van der Waals surface area (Å²) < 4.78 is 11.0. The fraction of sp³-hybridized carbons (Fsp3) is 0.0952. The van der Waals surface area contributed by atoms with Crippen molar-refractivity contribution in [2.75, 3.05) is 12.3 Å². The van der Waals surface area contributed by atoms with Gasteiger partial charge >= 0.3 is 17.6 Å². The van der Waals surface area contributed by atoms with Gasteiger partial charge in [0.15, 0.2) is 11.5 Å². The van der Waals surface area contributed by atoms with Crippen LogP contribution >= 0.6 is 0 Å². The first-order valence-corrected chi connectivity index (χ1v) is 9.86. The SMILES string of the molecule is CCOc1cc(-c2c(C(=O)O)c(N)[nH]c(=O)c2C(=O)O)ccc1Oc1ccc([N+](=O)[O-])cc1[N+](=O)[O-]. The molecular weight excluding hydrogens is 484 g/mol. The number of nitrogen functional groups attached to an aromatic ring is 1. The van der Waals surface area contributed by atoms with Crippen LogP contribution in [0.5, 0.6) is 17.2 Å². The van der Waals surface area contributed by atoms with Gasteiger partial charge in [-0.3, -0.25) is 25.0 Å². The number of rotatable bonds is 9. The van der Waals surface area contributed by atoms with Crippen LogP contribution in [-0.4, -0.2) is 43.6 Å². The second kappa shape index (κ2) is 9.80. The molecule has 0 aliphatic carbocycles. The monoisotopic (exact) mass is 500 g/mol. The fourth-order valence-electron chi connectivity index (χ4n) is 3.32. The van der Waals surface area contributed by atoms with Gasteiger partial charge in [-0.25, -0.2) is 9.59 Å². The molecule has 3 rings (SSSR count). The first-order chi connectivity index (χ1) is 17.0. The molecule has 1 aromatic heterocycles. The molecule has 0 atom stereocenters. The lowest BCUT2D eigenvalue weighted by Gasteiger charge is -2.16. The predicted molar refractivity (Wildman–Crippen MR) is 122 cm³/mol. The van der Waals surface area contributed by atoms with E-state index in [1.54, 1.807) is 6.92 Å². The molecule has 186 valence electrons. The normalized spacial score (nSPS) is 10.5. The molecule has 0 radical (unpaired) electrons. The van der Waals surface area contributed by atoms with E-state index < -0.39 is 61.2 Å². The van der Waals surface area contributed by atoms with E-state index >= 15 is 0 Å². The molecule has 0 unspecified atom stereocenters. The molecule has 5 N–H and O–H groups in total. The van der Waals surface area contributed by atoms with E-state index in [-0.39, 0.29) is 29.4 Å². The predicted octanol–water partition coefficient (Wildman–Crippen LogP) is 3.03. The van der Waals surface area contributed by atoms with Crippen molar-refractivity contribution in [3.05, 3.63) is 78.1 Å². The molecule has 2 aromatic carbocycles. The van der Waals surface area contributed by atoms with Crippen molar-refractivity contribution in [2.45, 2.75) is 6.92 Å². The smallest absolute Gasteiger partial charge is 0.342 e. The zero-order valence-electron chi connectivity index (χ0n) is 18.2. The number of benzene rings is 2. The van der Waals surface area contributed by atoms with E-state index in [1.165, 1.54) is 18.2 Å². The lowest BCUT2D eigenvalue weighted by molar-refractivity contribution is -0.394. The number of non-ortho nitro benzene ring substituents is 1. The van der Waals surface area contributed by atoms with Crippen LogP contribution in [0.25, 0.3) is 11.1 Å². The number of H-pyrrole nitrogens is 1. The van der Waals surface area contributed by atoms with Gasteiger partial charge in [0, 0.05) is 11.6 Å². The highest BCUT2D eigenvalue weighted by molar-refractivity contribution is 6.07. The average molecular weight is 500 g/mol. The number of pyridine rings is 1. The number of nitrogens with zero attached hydrogens (tertiary/aromatic N) is 2. The third-order valence-corrected chi connectivity index (χ3v) is 4.77.